The van der Waals surface area contributed by atoms with Gasteiger partial charge in [-0.15, -0.1) is 0 Å². The Morgan fingerprint density at radius 2 is 2.03 bits per heavy atom. The lowest BCUT2D eigenvalue weighted by molar-refractivity contribution is -0.121. The van der Waals surface area contributed by atoms with Gasteiger partial charge in [-0.2, -0.15) is 0 Å². The minimum absolute atomic E-state index is 0.0249. The molecule has 2 fully saturated rings. The molecule has 1 aromatic heterocycles. The van der Waals surface area contributed by atoms with Gasteiger partial charge in [0, 0.05) is 24.1 Å². The standard InChI is InChI=1S/C27H29FN4O2/c1-26-9-17-8-18(10-26)12-27(11-17,15-26)13-23(33)31-24-21-6-7-32(14-22(21)29-16-30-24)25(34)19-2-4-20(28)5-3-19/h2-5,9,16,18H,6-8,10-15H2,1H3,(H,29,30,31,33). The zero-order valence-corrected chi connectivity index (χ0v) is 19.4. The van der Waals surface area contributed by atoms with E-state index in [1.807, 2.05) is 0 Å². The summed E-state index contributed by atoms with van der Waals surface area (Å²) in [5.74, 6) is 0.792. The van der Waals surface area contributed by atoms with E-state index >= 15 is 0 Å². The fourth-order valence-corrected chi connectivity index (χ4v) is 7.39. The first-order valence-electron chi connectivity index (χ1n) is 12.2. The summed E-state index contributed by atoms with van der Waals surface area (Å²) in [5.41, 5.74) is 3.99. The number of aromatic nitrogens is 2. The van der Waals surface area contributed by atoms with Crippen LogP contribution in [0, 0.1) is 22.6 Å². The largest absolute Gasteiger partial charge is 0.332 e. The summed E-state index contributed by atoms with van der Waals surface area (Å²) in [4.78, 5) is 36.5. The summed E-state index contributed by atoms with van der Waals surface area (Å²) in [6, 6.07) is 5.59. The zero-order chi connectivity index (χ0) is 23.5. The summed E-state index contributed by atoms with van der Waals surface area (Å²) >= 11 is 0. The second-order valence-corrected chi connectivity index (χ2v) is 11.1. The van der Waals surface area contributed by atoms with Gasteiger partial charge in [-0.05, 0) is 79.5 Å². The maximum absolute atomic E-state index is 13.2. The molecule has 1 aromatic carbocycles. The molecule has 7 heteroatoms. The van der Waals surface area contributed by atoms with Gasteiger partial charge in [0.2, 0.25) is 5.91 Å². The van der Waals surface area contributed by atoms with Crippen molar-refractivity contribution in [2.24, 2.45) is 16.7 Å². The molecule has 4 aliphatic carbocycles. The van der Waals surface area contributed by atoms with Gasteiger partial charge < -0.3 is 10.2 Å². The first-order chi connectivity index (χ1) is 16.3. The third-order valence-corrected chi connectivity index (χ3v) is 8.14. The Balaban J connectivity index is 1.15. The van der Waals surface area contributed by atoms with Crippen molar-refractivity contribution in [2.45, 2.75) is 58.4 Å². The monoisotopic (exact) mass is 460 g/mol. The van der Waals surface area contributed by atoms with Crippen LogP contribution in [0.5, 0.6) is 0 Å². The molecule has 2 heterocycles. The van der Waals surface area contributed by atoms with E-state index in [2.05, 4.69) is 28.3 Å². The molecular formula is C27H29FN4O2. The fraction of sp³-hybridized carbons (Fsp3) is 0.481. The third-order valence-electron chi connectivity index (χ3n) is 8.14. The topological polar surface area (TPSA) is 75.2 Å². The molecule has 0 spiro atoms. The van der Waals surface area contributed by atoms with Crippen LogP contribution in [0.1, 0.15) is 67.1 Å². The normalized spacial score (nSPS) is 28.9. The van der Waals surface area contributed by atoms with Crippen LogP contribution in [0.15, 0.2) is 42.2 Å². The Labute approximate surface area is 198 Å². The van der Waals surface area contributed by atoms with Crippen molar-refractivity contribution >= 4 is 17.6 Å². The van der Waals surface area contributed by atoms with Gasteiger partial charge in [0.15, 0.2) is 0 Å². The van der Waals surface area contributed by atoms with Crippen molar-refractivity contribution in [2.75, 3.05) is 11.9 Å². The quantitative estimate of drug-likeness (QED) is 0.673. The maximum Gasteiger partial charge on any atom is 0.254 e. The van der Waals surface area contributed by atoms with Gasteiger partial charge in [-0.25, -0.2) is 14.4 Å². The molecule has 2 saturated carbocycles. The number of halogens is 1. The molecule has 2 amide bonds. The van der Waals surface area contributed by atoms with Crippen LogP contribution in [-0.2, 0) is 17.8 Å². The predicted molar refractivity (Wildman–Crippen MR) is 125 cm³/mol. The smallest absolute Gasteiger partial charge is 0.254 e. The minimum atomic E-state index is -0.368. The molecule has 34 heavy (non-hydrogen) atoms. The molecule has 3 atom stereocenters. The van der Waals surface area contributed by atoms with E-state index in [9.17, 15) is 14.0 Å². The first-order valence-corrected chi connectivity index (χ1v) is 12.2. The zero-order valence-electron chi connectivity index (χ0n) is 19.4. The lowest BCUT2D eigenvalue weighted by Crippen LogP contribution is -2.47. The van der Waals surface area contributed by atoms with E-state index in [0.29, 0.717) is 37.3 Å². The van der Waals surface area contributed by atoms with Crippen molar-refractivity contribution in [3.05, 3.63) is 64.9 Å². The molecule has 2 aromatic rings. The number of hydrogen-bond acceptors (Lipinski definition) is 4. The van der Waals surface area contributed by atoms with Gasteiger partial charge in [-0.3, -0.25) is 9.59 Å². The number of fused-ring (bicyclic) bond motifs is 1. The molecule has 6 nitrogen and oxygen atoms in total. The second-order valence-electron chi connectivity index (χ2n) is 11.1. The van der Waals surface area contributed by atoms with Crippen LogP contribution in [0.2, 0.25) is 0 Å². The molecular weight excluding hydrogens is 431 g/mol. The Bertz CT molecular complexity index is 1210. The molecule has 0 radical (unpaired) electrons. The van der Waals surface area contributed by atoms with E-state index in [0.717, 1.165) is 36.4 Å². The number of carbonyl (C=O) groups excluding carboxylic acids is 2. The summed E-state index contributed by atoms with van der Waals surface area (Å²) in [6.45, 7) is 3.19. The van der Waals surface area contributed by atoms with E-state index in [1.54, 1.807) is 10.5 Å². The van der Waals surface area contributed by atoms with E-state index < -0.39 is 0 Å². The van der Waals surface area contributed by atoms with Crippen molar-refractivity contribution in [3.63, 3.8) is 0 Å². The second kappa shape index (κ2) is 7.72. The first kappa shape index (κ1) is 21.4. The van der Waals surface area contributed by atoms with Crippen LogP contribution < -0.4 is 5.32 Å². The summed E-state index contributed by atoms with van der Waals surface area (Å²) in [6.07, 6.45) is 10.8. The lowest BCUT2D eigenvalue weighted by Gasteiger charge is -2.57. The molecule has 7 rings (SSSR count). The molecule has 1 aliphatic heterocycles. The van der Waals surface area contributed by atoms with Gasteiger partial charge in [0.05, 0.1) is 12.2 Å². The number of nitrogens with one attached hydrogen (secondary N) is 1. The highest BCUT2D eigenvalue weighted by molar-refractivity contribution is 5.94. The van der Waals surface area contributed by atoms with Gasteiger partial charge in [0.25, 0.3) is 5.91 Å². The van der Waals surface area contributed by atoms with E-state index in [-0.39, 0.29) is 28.5 Å². The Kier molecular flexibility index (Phi) is 4.87. The minimum Gasteiger partial charge on any atom is -0.332 e. The average molecular weight is 461 g/mol. The Hall–Kier alpha value is -3.09. The van der Waals surface area contributed by atoms with Crippen LogP contribution >= 0.6 is 0 Å². The molecule has 4 bridgehead atoms. The predicted octanol–water partition coefficient (Wildman–Crippen LogP) is 4.67. The van der Waals surface area contributed by atoms with E-state index in [4.69, 9.17) is 0 Å². The number of hydrogen-bond donors (Lipinski definition) is 1. The van der Waals surface area contributed by atoms with Crippen molar-refractivity contribution in [1.29, 1.82) is 0 Å². The molecule has 5 aliphatic rings. The van der Waals surface area contributed by atoms with E-state index in [1.165, 1.54) is 43.4 Å². The van der Waals surface area contributed by atoms with Crippen LogP contribution in [0.25, 0.3) is 0 Å². The number of benzene rings is 1. The highest BCUT2D eigenvalue weighted by Gasteiger charge is 2.52. The van der Waals surface area contributed by atoms with Crippen molar-refractivity contribution in [1.82, 2.24) is 14.9 Å². The molecule has 3 unspecified atom stereocenters. The molecule has 176 valence electrons. The van der Waals surface area contributed by atoms with Gasteiger partial charge in [0.1, 0.15) is 18.0 Å². The number of amides is 2. The summed E-state index contributed by atoms with van der Waals surface area (Å²) < 4.78 is 13.2. The van der Waals surface area contributed by atoms with Crippen molar-refractivity contribution < 1.29 is 14.0 Å². The summed E-state index contributed by atoms with van der Waals surface area (Å²) in [5, 5.41) is 3.08. The number of allylic oxidation sites excluding steroid dienone is 2. The lowest BCUT2D eigenvalue weighted by atomic mass is 9.48. The average Bonchev–Trinajstić information content (AvgIpc) is 2.77. The molecule has 1 N–H and O–H groups in total. The summed E-state index contributed by atoms with van der Waals surface area (Å²) in [7, 11) is 0. The SMILES string of the molecule is CC12C=C3CC(C1)CC(CC(=O)Nc1ncnc4c1CCN(C(=O)c1ccc(F)cc1)C4)(C3)C2. The van der Waals surface area contributed by atoms with Crippen LogP contribution in [0.4, 0.5) is 10.2 Å². The van der Waals surface area contributed by atoms with Gasteiger partial charge >= 0.3 is 0 Å². The highest BCUT2D eigenvalue weighted by Crippen LogP contribution is 2.63. The number of anilines is 1. The number of rotatable bonds is 4. The molecule has 0 saturated heterocycles. The van der Waals surface area contributed by atoms with Gasteiger partial charge in [-0.1, -0.05) is 18.6 Å². The number of nitrogens with zero attached hydrogens (tertiary/aromatic N) is 3. The fourth-order valence-electron chi connectivity index (χ4n) is 7.39. The maximum atomic E-state index is 13.2. The van der Waals surface area contributed by atoms with Crippen LogP contribution in [-0.4, -0.2) is 33.2 Å². The highest BCUT2D eigenvalue weighted by atomic mass is 19.1. The Morgan fingerprint density at radius 3 is 2.79 bits per heavy atom. The Morgan fingerprint density at radius 1 is 1.21 bits per heavy atom. The third kappa shape index (κ3) is 3.81. The van der Waals surface area contributed by atoms with Crippen LogP contribution in [0.3, 0.4) is 0 Å². The van der Waals surface area contributed by atoms with Crippen molar-refractivity contribution in [3.8, 4) is 0 Å². The number of carbonyl (C=O) groups is 2.